The summed E-state index contributed by atoms with van der Waals surface area (Å²) < 4.78 is 0. The van der Waals surface area contributed by atoms with Gasteiger partial charge in [-0.2, -0.15) is 0 Å². The maximum atomic E-state index is 9.34. The third-order valence-electron chi connectivity index (χ3n) is 2.62. The molecular formula is C14H26N4O. The molecule has 0 aromatic carbocycles. The topological polar surface area (TPSA) is 70.1 Å². The number of hydrogen-bond acceptors (Lipinski definition) is 5. The summed E-state index contributed by atoms with van der Waals surface area (Å²) in [6.45, 7) is 13.0. The second-order valence-electron chi connectivity index (χ2n) is 6.41. The lowest BCUT2D eigenvalue weighted by atomic mass is 9.95. The van der Waals surface area contributed by atoms with Crippen molar-refractivity contribution in [2.75, 3.05) is 23.8 Å². The molecule has 19 heavy (non-hydrogen) atoms. The van der Waals surface area contributed by atoms with E-state index in [0.717, 1.165) is 24.0 Å². The molecule has 1 aromatic heterocycles. The van der Waals surface area contributed by atoms with E-state index in [1.165, 1.54) is 0 Å². The lowest BCUT2D eigenvalue weighted by Gasteiger charge is -2.26. The molecule has 0 saturated carbocycles. The van der Waals surface area contributed by atoms with Gasteiger partial charge in [-0.15, -0.1) is 0 Å². The van der Waals surface area contributed by atoms with Crippen LogP contribution in [0.1, 0.15) is 47.4 Å². The second kappa shape index (κ2) is 5.74. The summed E-state index contributed by atoms with van der Waals surface area (Å²) in [4.78, 5) is 9.07. The molecule has 0 saturated heterocycles. The number of nitrogens with one attached hydrogen (secondary N) is 2. The summed E-state index contributed by atoms with van der Waals surface area (Å²) in [6, 6.07) is 1.87. The lowest BCUT2D eigenvalue weighted by Crippen LogP contribution is -2.35. The van der Waals surface area contributed by atoms with E-state index in [-0.39, 0.29) is 12.0 Å². The first-order chi connectivity index (χ1) is 8.68. The minimum absolute atomic E-state index is 0.0401. The van der Waals surface area contributed by atoms with Crippen LogP contribution >= 0.6 is 0 Å². The predicted molar refractivity (Wildman–Crippen MR) is 79.7 cm³/mol. The first kappa shape index (κ1) is 15.7. The Hall–Kier alpha value is -1.36. The summed E-state index contributed by atoms with van der Waals surface area (Å²) in [7, 11) is 0. The van der Waals surface area contributed by atoms with Crippen LogP contribution in [0.25, 0.3) is 0 Å². The quantitative estimate of drug-likeness (QED) is 0.763. The summed E-state index contributed by atoms with van der Waals surface area (Å²) in [5.41, 5.74) is -0.530. The molecule has 108 valence electrons. The number of anilines is 2. The molecular weight excluding hydrogens is 240 g/mol. The number of aromatic nitrogens is 2. The van der Waals surface area contributed by atoms with Gasteiger partial charge in [0.2, 0.25) is 0 Å². The van der Waals surface area contributed by atoms with Crippen LogP contribution in [0.2, 0.25) is 0 Å². The highest BCUT2D eigenvalue weighted by Gasteiger charge is 2.22. The fraction of sp³-hybridized carbons (Fsp3) is 0.714. The third kappa shape index (κ3) is 4.67. The Labute approximate surface area is 115 Å². The second-order valence-corrected chi connectivity index (χ2v) is 6.41. The summed E-state index contributed by atoms with van der Waals surface area (Å²) in [5.74, 6) is 2.32. The van der Waals surface area contributed by atoms with Crippen molar-refractivity contribution in [3.05, 3.63) is 11.9 Å². The molecule has 0 fully saturated rings. The molecule has 0 bridgehead atoms. The van der Waals surface area contributed by atoms with Gasteiger partial charge in [0.25, 0.3) is 0 Å². The van der Waals surface area contributed by atoms with E-state index >= 15 is 0 Å². The van der Waals surface area contributed by atoms with Crippen molar-refractivity contribution in [1.29, 1.82) is 0 Å². The average molecular weight is 266 g/mol. The molecule has 0 amide bonds. The smallest absolute Gasteiger partial charge is 0.138 e. The van der Waals surface area contributed by atoms with Crippen molar-refractivity contribution in [2.45, 2.75) is 52.5 Å². The van der Waals surface area contributed by atoms with Crippen molar-refractivity contribution in [2.24, 2.45) is 0 Å². The van der Waals surface area contributed by atoms with Gasteiger partial charge in [-0.25, -0.2) is 9.97 Å². The van der Waals surface area contributed by atoms with E-state index in [2.05, 4.69) is 41.4 Å². The number of aliphatic hydroxyl groups excluding tert-OH is 1. The molecule has 5 nitrogen and oxygen atoms in total. The molecule has 0 aliphatic rings. The zero-order valence-corrected chi connectivity index (χ0v) is 12.8. The van der Waals surface area contributed by atoms with Crippen molar-refractivity contribution in [3.8, 4) is 0 Å². The van der Waals surface area contributed by atoms with Gasteiger partial charge >= 0.3 is 0 Å². The SMILES string of the molecule is CCNc1cc(NC(C)(C)CO)nc(C(C)(C)C)n1. The summed E-state index contributed by atoms with van der Waals surface area (Å²) >= 11 is 0. The fourth-order valence-corrected chi connectivity index (χ4v) is 1.50. The third-order valence-corrected chi connectivity index (χ3v) is 2.62. The minimum atomic E-state index is -0.410. The number of aliphatic hydroxyl groups is 1. The molecule has 5 heteroatoms. The zero-order chi connectivity index (χ0) is 14.7. The summed E-state index contributed by atoms with van der Waals surface area (Å²) in [6.07, 6.45) is 0. The van der Waals surface area contributed by atoms with Crippen molar-refractivity contribution in [3.63, 3.8) is 0 Å². The Bertz CT molecular complexity index is 424. The van der Waals surface area contributed by atoms with Crippen molar-refractivity contribution in [1.82, 2.24) is 9.97 Å². The highest BCUT2D eigenvalue weighted by molar-refractivity contribution is 5.49. The monoisotopic (exact) mass is 266 g/mol. The van der Waals surface area contributed by atoms with Crippen LogP contribution in [0.15, 0.2) is 6.07 Å². The van der Waals surface area contributed by atoms with Gasteiger partial charge in [0.1, 0.15) is 17.5 Å². The van der Waals surface area contributed by atoms with Crippen LogP contribution in [0.5, 0.6) is 0 Å². The highest BCUT2D eigenvalue weighted by atomic mass is 16.3. The van der Waals surface area contributed by atoms with Crippen LogP contribution in [0, 0.1) is 0 Å². The van der Waals surface area contributed by atoms with Crippen LogP contribution in [0.3, 0.4) is 0 Å². The minimum Gasteiger partial charge on any atom is -0.394 e. The van der Waals surface area contributed by atoms with E-state index in [9.17, 15) is 5.11 Å². The van der Waals surface area contributed by atoms with E-state index in [0.29, 0.717) is 0 Å². The standard InChI is InChI=1S/C14H26N4O/c1-7-15-10-8-11(18-14(5,6)9-19)17-12(16-10)13(2,3)4/h8,19H,7,9H2,1-6H3,(H2,15,16,17,18). The Kier molecular flexibility index (Phi) is 4.74. The van der Waals surface area contributed by atoms with Gasteiger partial charge < -0.3 is 15.7 Å². The number of nitrogens with zero attached hydrogens (tertiary/aromatic N) is 2. The number of rotatable bonds is 5. The average Bonchev–Trinajstić information content (AvgIpc) is 2.27. The highest BCUT2D eigenvalue weighted by Crippen LogP contribution is 2.23. The van der Waals surface area contributed by atoms with Gasteiger partial charge in [0.05, 0.1) is 12.1 Å². The predicted octanol–water partition coefficient (Wildman–Crippen LogP) is 2.39. The Morgan fingerprint density at radius 1 is 1.11 bits per heavy atom. The summed E-state index contributed by atoms with van der Waals surface area (Å²) in [5, 5.41) is 15.8. The fourth-order valence-electron chi connectivity index (χ4n) is 1.50. The Balaban J connectivity index is 3.13. The Morgan fingerprint density at radius 3 is 2.16 bits per heavy atom. The van der Waals surface area contributed by atoms with Gasteiger partial charge in [-0.1, -0.05) is 20.8 Å². The van der Waals surface area contributed by atoms with E-state index in [1.807, 2.05) is 26.8 Å². The molecule has 0 aliphatic heterocycles. The molecule has 0 spiro atoms. The van der Waals surface area contributed by atoms with E-state index in [4.69, 9.17) is 0 Å². The Morgan fingerprint density at radius 2 is 1.68 bits per heavy atom. The van der Waals surface area contributed by atoms with Crippen LogP contribution < -0.4 is 10.6 Å². The van der Waals surface area contributed by atoms with Crippen molar-refractivity contribution < 1.29 is 5.11 Å². The first-order valence-electron chi connectivity index (χ1n) is 6.70. The van der Waals surface area contributed by atoms with Gasteiger partial charge in [-0.05, 0) is 20.8 Å². The maximum absolute atomic E-state index is 9.34. The van der Waals surface area contributed by atoms with Crippen LogP contribution in [-0.4, -0.2) is 33.8 Å². The van der Waals surface area contributed by atoms with E-state index < -0.39 is 5.54 Å². The largest absolute Gasteiger partial charge is 0.394 e. The molecule has 0 aliphatic carbocycles. The molecule has 1 heterocycles. The molecule has 0 radical (unpaired) electrons. The van der Waals surface area contributed by atoms with Gasteiger partial charge in [0.15, 0.2) is 0 Å². The zero-order valence-electron chi connectivity index (χ0n) is 12.8. The molecule has 1 rings (SSSR count). The lowest BCUT2D eigenvalue weighted by molar-refractivity contribution is 0.234. The van der Waals surface area contributed by atoms with E-state index in [1.54, 1.807) is 0 Å². The van der Waals surface area contributed by atoms with Gasteiger partial charge in [0, 0.05) is 18.0 Å². The first-order valence-corrected chi connectivity index (χ1v) is 6.70. The van der Waals surface area contributed by atoms with Gasteiger partial charge in [-0.3, -0.25) is 0 Å². The maximum Gasteiger partial charge on any atom is 0.138 e. The number of hydrogen-bond donors (Lipinski definition) is 3. The van der Waals surface area contributed by atoms with Crippen LogP contribution in [-0.2, 0) is 5.41 Å². The molecule has 1 aromatic rings. The molecule has 0 unspecified atom stereocenters. The molecule has 3 N–H and O–H groups in total. The normalized spacial score (nSPS) is 12.4. The van der Waals surface area contributed by atoms with Crippen LogP contribution in [0.4, 0.5) is 11.6 Å². The molecule has 0 atom stereocenters. The van der Waals surface area contributed by atoms with Crippen molar-refractivity contribution >= 4 is 11.6 Å².